The quantitative estimate of drug-likeness (QED) is 0.604. The van der Waals surface area contributed by atoms with Crippen LogP contribution in [0.15, 0.2) is 42.5 Å². The molecular formula is C28H40N2O3. The van der Waals surface area contributed by atoms with Crippen molar-refractivity contribution in [1.29, 1.82) is 0 Å². The van der Waals surface area contributed by atoms with Crippen LogP contribution in [-0.2, 0) is 6.54 Å². The molecule has 0 unspecified atom stereocenters. The first-order chi connectivity index (χ1) is 16.0. The lowest BCUT2D eigenvalue weighted by Gasteiger charge is -2.27. The van der Waals surface area contributed by atoms with Crippen molar-refractivity contribution in [2.75, 3.05) is 45.9 Å². The number of hydrogen-bond acceptors (Lipinski definition) is 5. The van der Waals surface area contributed by atoms with Crippen molar-refractivity contribution in [3.63, 3.8) is 0 Å². The van der Waals surface area contributed by atoms with Crippen LogP contribution in [0.25, 0.3) is 0 Å². The Hall–Kier alpha value is -2.08. The summed E-state index contributed by atoms with van der Waals surface area (Å²) in [5.41, 5.74) is 2.85. The minimum absolute atomic E-state index is 0.352. The second-order valence-electron chi connectivity index (χ2n) is 9.96. The highest BCUT2D eigenvalue weighted by atomic mass is 16.5. The van der Waals surface area contributed by atoms with E-state index in [1.165, 1.54) is 37.1 Å². The molecule has 0 amide bonds. The normalized spacial score (nSPS) is 22.3. The standard InChI is InChI=1S/C28H40N2O3/c1-23-9-10-27(24(2)19-23)33-22-28(31)11-6-15-30(16-12-28)21-25-7-5-8-26(20-25)32-18-17-29-13-3-4-14-29/h5,7-10,19-20,31H,3-4,6,11-18,21-22H2,1-2H3/t28-/m1/s1. The van der Waals surface area contributed by atoms with Crippen molar-refractivity contribution in [2.45, 2.75) is 58.1 Å². The Labute approximate surface area is 199 Å². The second kappa shape index (κ2) is 11.4. The Morgan fingerprint density at radius 3 is 2.52 bits per heavy atom. The number of likely N-dealkylation sites (tertiary alicyclic amines) is 2. The van der Waals surface area contributed by atoms with Crippen LogP contribution in [0.3, 0.4) is 0 Å². The molecule has 0 aromatic heterocycles. The molecule has 2 heterocycles. The van der Waals surface area contributed by atoms with Crippen LogP contribution in [0.1, 0.15) is 48.8 Å². The number of nitrogens with zero attached hydrogens (tertiary/aromatic N) is 2. The van der Waals surface area contributed by atoms with Crippen LogP contribution in [0.5, 0.6) is 11.5 Å². The summed E-state index contributed by atoms with van der Waals surface area (Å²) in [6.07, 6.45) is 5.10. The molecule has 1 atom stereocenters. The SMILES string of the molecule is Cc1ccc(OC[C@@]2(O)CCCN(Cc3cccc(OCCN4CCCC4)c3)CC2)c(C)c1. The molecule has 1 N–H and O–H groups in total. The van der Waals surface area contributed by atoms with E-state index in [1.54, 1.807) is 0 Å². The van der Waals surface area contributed by atoms with Gasteiger partial charge in [0.15, 0.2) is 0 Å². The van der Waals surface area contributed by atoms with Crippen molar-refractivity contribution in [3.8, 4) is 11.5 Å². The van der Waals surface area contributed by atoms with Crippen LogP contribution in [0, 0.1) is 13.8 Å². The Balaban J connectivity index is 1.25. The van der Waals surface area contributed by atoms with Gasteiger partial charge in [-0.3, -0.25) is 9.80 Å². The Morgan fingerprint density at radius 1 is 0.879 bits per heavy atom. The molecule has 180 valence electrons. The fraction of sp³-hybridized carbons (Fsp3) is 0.571. The largest absolute Gasteiger partial charge is 0.492 e. The average molecular weight is 453 g/mol. The predicted octanol–water partition coefficient (Wildman–Crippen LogP) is 4.57. The van der Waals surface area contributed by atoms with Gasteiger partial charge in [0.25, 0.3) is 0 Å². The zero-order valence-electron chi connectivity index (χ0n) is 20.4. The fourth-order valence-corrected chi connectivity index (χ4v) is 5.00. The first-order valence-electron chi connectivity index (χ1n) is 12.6. The van der Waals surface area contributed by atoms with Gasteiger partial charge >= 0.3 is 0 Å². The van der Waals surface area contributed by atoms with Gasteiger partial charge in [0, 0.05) is 19.6 Å². The number of benzene rings is 2. The maximum Gasteiger partial charge on any atom is 0.122 e. The number of aliphatic hydroxyl groups is 1. The first-order valence-corrected chi connectivity index (χ1v) is 12.6. The third-order valence-electron chi connectivity index (χ3n) is 7.02. The summed E-state index contributed by atoms with van der Waals surface area (Å²) in [6.45, 7) is 11.4. The molecule has 0 saturated carbocycles. The molecule has 4 rings (SSSR count). The molecule has 2 aromatic carbocycles. The number of aryl methyl sites for hydroxylation is 2. The second-order valence-corrected chi connectivity index (χ2v) is 9.96. The number of rotatable bonds is 9. The molecule has 0 bridgehead atoms. The van der Waals surface area contributed by atoms with Crippen molar-refractivity contribution in [1.82, 2.24) is 9.80 Å². The van der Waals surface area contributed by atoms with E-state index in [1.807, 2.05) is 6.07 Å². The molecule has 5 nitrogen and oxygen atoms in total. The van der Waals surface area contributed by atoms with Gasteiger partial charge in [0.05, 0.1) is 5.60 Å². The lowest BCUT2D eigenvalue weighted by Crippen LogP contribution is -2.37. The first kappa shape index (κ1) is 24.1. The van der Waals surface area contributed by atoms with Gasteiger partial charge in [-0.05, 0) is 94.9 Å². The molecule has 2 aliphatic heterocycles. The summed E-state index contributed by atoms with van der Waals surface area (Å²) in [6, 6.07) is 14.7. The summed E-state index contributed by atoms with van der Waals surface area (Å²) in [4.78, 5) is 4.92. The van der Waals surface area contributed by atoms with E-state index in [4.69, 9.17) is 9.47 Å². The van der Waals surface area contributed by atoms with Gasteiger partial charge in [-0.25, -0.2) is 0 Å². The number of ether oxygens (including phenoxy) is 2. The smallest absolute Gasteiger partial charge is 0.122 e. The van der Waals surface area contributed by atoms with Crippen LogP contribution in [-0.4, -0.2) is 66.4 Å². The predicted molar refractivity (Wildman–Crippen MR) is 133 cm³/mol. The highest BCUT2D eigenvalue weighted by Crippen LogP contribution is 2.27. The summed E-state index contributed by atoms with van der Waals surface area (Å²) in [7, 11) is 0. The zero-order valence-corrected chi connectivity index (χ0v) is 20.4. The van der Waals surface area contributed by atoms with Gasteiger partial charge in [0.2, 0.25) is 0 Å². The van der Waals surface area contributed by atoms with E-state index in [-0.39, 0.29) is 0 Å². The molecular weight excluding hydrogens is 412 g/mol. The van der Waals surface area contributed by atoms with Crippen LogP contribution in [0.4, 0.5) is 0 Å². The van der Waals surface area contributed by atoms with Crippen LogP contribution in [0.2, 0.25) is 0 Å². The topological polar surface area (TPSA) is 45.2 Å². The van der Waals surface area contributed by atoms with E-state index in [0.29, 0.717) is 6.61 Å². The van der Waals surface area contributed by atoms with Gasteiger partial charge in [0.1, 0.15) is 24.7 Å². The molecule has 2 saturated heterocycles. The molecule has 33 heavy (non-hydrogen) atoms. The highest BCUT2D eigenvalue weighted by Gasteiger charge is 2.31. The molecule has 2 aromatic rings. The minimum atomic E-state index is -0.771. The molecule has 2 aliphatic rings. The average Bonchev–Trinajstić information content (AvgIpc) is 3.24. The summed E-state index contributed by atoms with van der Waals surface area (Å²) >= 11 is 0. The minimum Gasteiger partial charge on any atom is -0.492 e. The summed E-state index contributed by atoms with van der Waals surface area (Å²) in [5.74, 6) is 1.83. The highest BCUT2D eigenvalue weighted by molar-refractivity contribution is 5.35. The Kier molecular flexibility index (Phi) is 8.29. The van der Waals surface area contributed by atoms with Crippen LogP contribution < -0.4 is 9.47 Å². The number of hydrogen-bond donors (Lipinski definition) is 1. The third-order valence-corrected chi connectivity index (χ3v) is 7.02. The van der Waals surface area contributed by atoms with Gasteiger partial charge in [-0.1, -0.05) is 29.8 Å². The van der Waals surface area contributed by atoms with Crippen molar-refractivity contribution >= 4 is 0 Å². The molecule has 5 heteroatoms. The van der Waals surface area contributed by atoms with Gasteiger partial charge in [-0.15, -0.1) is 0 Å². The Bertz CT molecular complexity index is 896. The van der Waals surface area contributed by atoms with E-state index < -0.39 is 5.60 Å². The van der Waals surface area contributed by atoms with Crippen LogP contribution >= 0.6 is 0 Å². The molecule has 0 radical (unpaired) electrons. The molecule has 0 spiro atoms. The zero-order chi connectivity index (χ0) is 23.1. The van der Waals surface area contributed by atoms with Crippen molar-refractivity contribution in [3.05, 3.63) is 59.2 Å². The van der Waals surface area contributed by atoms with Gasteiger partial charge < -0.3 is 14.6 Å². The molecule has 0 aliphatic carbocycles. The van der Waals surface area contributed by atoms with E-state index in [9.17, 15) is 5.11 Å². The van der Waals surface area contributed by atoms with Crippen molar-refractivity contribution in [2.24, 2.45) is 0 Å². The third kappa shape index (κ3) is 7.20. The van der Waals surface area contributed by atoms with Crippen molar-refractivity contribution < 1.29 is 14.6 Å². The lowest BCUT2D eigenvalue weighted by atomic mass is 9.96. The monoisotopic (exact) mass is 452 g/mol. The summed E-state index contributed by atoms with van der Waals surface area (Å²) < 4.78 is 12.1. The fourth-order valence-electron chi connectivity index (χ4n) is 5.00. The Morgan fingerprint density at radius 2 is 1.70 bits per heavy atom. The maximum atomic E-state index is 11.2. The van der Waals surface area contributed by atoms with E-state index in [2.05, 4.69) is 60.0 Å². The summed E-state index contributed by atoms with van der Waals surface area (Å²) in [5, 5.41) is 11.2. The molecule has 2 fully saturated rings. The maximum absolute atomic E-state index is 11.2. The van der Waals surface area contributed by atoms with E-state index in [0.717, 1.165) is 69.1 Å². The van der Waals surface area contributed by atoms with E-state index >= 15 is 0 Å². The lowest BCUT2D eigenvalue weighted by molar-refractivity contribution is -0.0170. The van der Waals surface area contributed by atoms with Gasteiger partial charge in [-0.2, -0.15) is 0 Å².